The van der Waals surface area contributed by atoms with E-state index >= 15 is 0 Å². The number of hydrogen-bond donors (Lipinski definition) is 1. The summed E-state index contributed by atoms with van der Waals surface area (Å²) in [7, 11) is 1.88. The van der Waals surface area contributed by atoms with Crippen LogP contribution in [0.1, 0.15) is 13.3 Å². The third-order valence-electron chi connectivity index (χ3n) is 1.21. The molecule has 0 aromatic carbocycles. The summed E-state index contributed by atoms with van der Waals surface area (Å²) in [5.74, 6) is -0.180. The van der Waals surface area contributed by atoms with Gasteiger partial charge >= 0.3 is 0 Å². The van der Waals surface area contributed by atoms with Crippen LogP contribution in [0.4, 0.5) is 0 Å². The molecule has 0 aliphatic heterocycles. The van der Waals surface area contributed by atoms with Crippen molar-refractivity contribution in [2.75, 3.05) is 20.1 Å². The molecular formula is C8H15N2O. The van der Waals surface area contributed by atoms with Crippen molar-refractivity contribution in [1.29, 1.82) is 0 Å². The van der Waals surface area contributed by atoms with E-state index in [9.17, 15) is 4.79 Å². The predicted octanol–water partition coefficient (Wildman–Crippen LogP) is 0.303. The van der Waals surface area contributed by atoms with Crippen molar-refractivity contribution in [2.24, 2.45) is 0 Å². The number of carbonyl (C=O) groups is 1. The number of nitrogens with zero attached hydrogens (tertiary/aromatic N) is 1. The van der Waals surface area contributed by atoms with Gasteiger partial charge in [-0.25, -0.2) is 5.32 Å². The van der Waals surface area contributed by atoms with Crippen LogP contribution in [0.3, 0.4) is 0 Å². The molecule has 1 N–H and O–H groups in total. The van der Waals surface area contributed by atoms with Gasteiger partial charge in [0.2, 0.25) is 0 Å². The molecule has 63 valence electrons. The first-order valence-electron chi connectivity index (χ1n) is 3.70. The fraction of sp³-hybridized carbons (Fsp3) is 0.625. The van der Waals surface area contributed by atoms with Crippen molar-refractivity contribution in [3.05, 3.63) is 12.2 Å². The zero-order valence-corrected chi connectivity index (χ0v) is 7.18. The predicted molar refractivity (Wildman–Crippen MR) is 45.4 cm³/mol. The van der Waals surface area contributed by atoms with Gasteiger partial charge in [-0.1, -0.05) is 6.58 Å². The largest absolute Gasteiger partial charge is 0.320 e. The molecule has 0 heterocycles. The summed E-state index contributed by atoms with van der Waals surface area (Å²) in [4.78, 5) is 10.8. The van der Waals surface area contributed by atoms with E-state index in [4.69, 9.17) is 0 Å². The number of amides is 1. The quantitative estimate of drug-likeness (QED) is 0.458. The number of nitrogens with one attached hydrogen (secondary N) is 1. The molecule has 0 spiro atoms. The van der Waals surface area contributed by atoms with Crippen LogP contribution >= 0.6 is 0 Å². The lowest BCUT2D eigenvalue weighted by Crippen LogP contribution is -2.20. The Morgan fingerprint density at radius 1 is 1.64 bits per heavy atom. The first kappa shape index (κ1) is 10.2. The van der Waals surface area contributed by atoms with Crippen molar-refractivity contribution in [2.45, 2.75) is 13.3 Å². The van der Waals surface area contributed by atoms with Crippen molar-refractivity contribution >= 4 is 5.91 Å². The van der Waals surface area contributed by atoms with Crippen molar-refractivity contribution in [1.82, 2.24) is 10.6 Å². The third kappa shape index (κ3) is 5.61. The van der Waals surface area contributed by atoms with Crippen LogP contribution in [0.15, 0.2) is 12.2 Å². The van der Waals surface area contributed by atoms with Gasteiger partial charge in [0.15, 0.2) is 0 Å². The van der Waals surface area contributed by atoms with Gasteiger partial charge in [-0.3, -0.25) is 4.79 Å². The molecule has 0 aromatic rings. The van der Waals surface area contributed by atoms with Crippen molar-refractivity contribution in [3.8, 4) is 0 Å². The zero-order valence-electron chi connectivity index (χ0n) is 7.18. The second-order valence-electron chi connectivity index (χ2n) is 2.42. The van der Waals surface area contributed by atoms with Crippen LogP contribution in [-0.4, -0.2) is 26.0 Å². The molecule has 11 heavy (non-hydrogen) atoms. The minimum atomic E-state index is -0.180. The van der Waals surface area contributed by atoms with Gasteiger partial charge in [-0.15, -0.1) is 0 Å². The van der Waals surface area contributed by atoms with Crippen LogP contribution < -0.4 is 10.6 Å². The topological polar surface area (TPSA) is 43.2 Å². The summed E-state index contributed by atoms with van der Waals surface area (Å²) >= 11 is 0. The highest BCUT2D eigenvalue weighted by Gasteiger charge is 2.00. The Labute approximate surface area is 67.9 Å². The highest BCUT2D eigenvalue weighted by atomic mass is 16.1. The lowest BCUT2D eigenvalue weighted by atomic mass is 10.3. The van der Waals surface area contributed by atoms with E-state index in [1.807, 2.05) is 7.05 Å². The van der Waals surface area contributed by atoms with Gasteiger partial charge in [-0.05, 0) is 26.9 Å². The van der Waals surface area contributed by atoms with Gasteiger partial charge in [0.05, 0.1) is 0 Å². The first-order valence-corrected chi connectivity index (χ1v) is 3.70. The van der Waals surface area contributed by atoms with Crippen LogP contribution in [0, 0.1) is 0 Å². The zero-order chi connectivity index (χ0) is 8.69. The molecule has 1 radical (unpaired) electrons. The molecule has 0 aliphatic rings. The Kier molecular flexibility index (Phi) is 5.47. The monoisotopic (exact) mass is 155 g/mol. The summed E-state index contributed by atoms with van der Waals surface area (Å²) in [5, 5.41) is 6.76. The average molecular weight is 155 g/mol. The van der Waals surface area contributed by atoms with Crippen LogP contribution in [0.5, 0.6) is 0 Å². The summed E-state index contributed by atoms with van der Waals surface area (Å²) in [6.45, 7) is 6.65. The van der Waals surface area contributed by atoms with Gasteiger partial charge in [0.25, 0.3) is 5.91 Å². The Morgan fingerprint density at radius 2 is 2.27 bits per heavy atom. The summed E-state index contributed by atoms with van der Waals surface area (Å²) in [6, 6.07) is 0. The van der Waals surface area contributed by atoms with Crippen LogP contribution in [0.2, 0.25) is 0 Å². The maximum Gasteiger partial charge on any atom is 0.267 e. The molecule has 0 rings (SSSR count). The number of carbonyl (C=O) groups excluding carboxylic acids is 1. The van der Waals surface area contributed by atoms with Crippen molar-refractivity contribution in [3.63, 3.8) is 0 Å². The average Bonchev–Trinajstić information content (AvgIpc) is 1.97. The molecule has 1 amide bonds. The summed E-state index contributed by atoms with van der Waals surface area (Å²) < 4.78 is 0. The molecular weight excluding hydrogens is 140 g/mol. The normalized spacial score (nSPS) is 9.27. The van der Waals surface area contributed by atoms with E-state index < -0.39 is 0 Å². The first-order chi connectivity index (χ1) is 5.18. The van der Waals surface area contributed by atoms with E-state index in [2.05, 4.69) is 17.2 Å². The summed E-state index contributed by atoms with van der Waals surface area (Å²) in [6.07, 6.45) is 0.898. The van der Waals surface area contributed by atoms with Gasteiger partial charge in [-0.2, -0.15) is 0 Å². The number of rotatable bonds is 5. The highest BCUT2D eigenvalue weighted by molar-refractivity contribution is 5.91. The fourth-order valence-electron chi connectivity index (χ4n) is 0.571. The molecule has 3 heteroatoms. The van der Waals surface area contributed by atoms with Crippen molar-refractivity contribution < 1.29 is 4.79 Å². The lowest BCUT2D eigenvalue weighted by molar-refractivity contribution is -0.117. The second-order valence-corrected chi connectivity index (χ2v) is 2.42. The van der Waals surface area contributed by atoms with E-state index in [-0.39, 0.29) is 5.91 Å². The smallest absolute Gasteiger partial charge is 0.267 e. The lowest BCUT2D eigenvalue weighted by Gasteiger charge is -1.99. The molecule has 0 fully saturated rings. The molecule has 0 aliphatic carbocycles. The number of hydrogen-bond acceptors (Lipinski definition) is 2. The molecule has 0 saturated heterocycles. The molecule has 0 unspecified atom stereocenters. The van der Waals surface area contributed by atoms with Gasteiger partial charge in [0, 0.05) is 12.1 Å². The molecule has 0 atom stereocenters. The van der Waals surface area contributed by atoms with Gasteiger partial charge < -0.3 is 5.32 Å². The summed E-state index contributed by atoms with van der Waals surface area (Å²) in [5.41, 5.74) is 0.509. The van der Waals surface area contributed by atoms with E-state index in [0.29, 0.717) is 12.1 Å². The Hall–Kier alpha value is -0.830. The maximum atomic E-state index is 10.8. The Balaban J connectivity index is 3.25. The van der Waals surface area contributed by atoms with E-state index in [0.717, 1.165) is 13.0 Å². The Morgan fingerprint density at radius 3 is 2.73 bits per heavy atom. The van der Waals surface area contributed by atoms with Crippen LogP contribution in [0.25, 0.3) is 0 Å². The minimum Gasteiger partial charge on any atom is -0.320 e. The molecule has 0 aromatic heterocycles. The standard InChI is InChI=1S/C8H15N2O/c1-7(2)8(11)10-6-4-5-9-3/h9H,1,4-6H2,2-3H3. The SMILES string of the molecule is C=C(C)C(=O)[N]CCCNC. The van der Waals surface area contributed by atoms with E-state index in [1.54, 1.807) is 6.92 Å². The fourth-order valence-corrected chi connectivity index (χ4v) is 0.571. The van der Waals surface area contributed by atoms with Crippen LogP contribution in [-0.2, 0) is 4.79 Å². The van der Waals surface area contributed by atoms with E-state index in [1.165, 1.54) is 0 Å². The Bertz CT molecular complexity index is 143. The second kappa shape index (κ2) is 5.92. The minimum absolute atomic E-state index is 0.180. The van der Waals surface area contributed by atoms with Gasteiger partial charge in [0.1, 0.15) is 0 Å². The molecule has 0 bridgehead atoms. The molecule has 3 nitrogen and oxygen atoms in total. The highest BCUT2D eigenvalue weighted by Crippen LogP contribution is 1.87. The third-order valence-corrected chi connectivity index (χ3v) is 1.21. The molecule has 0 saturated carbocycles. The maximum absolute atomic E-state index is 10.8.